The zero-order valence-corrected chi connectivity index (χ0v) is 27.8. The summed E-state index contributed by atoms with van der Waals surface area (Å²) in [6.45, 7) is 2.00. The Morgan fingerprint density at radius 2 is 1.32 bits per heavy atom. The Balaban J connectivity index is 0.000000228. The van der Waals surface area contributed by atoms with Crippen LogP contribution in [-0.4, -0.2) is 15.0 Å². The molecule has 0 saturated carbocycles. The summed E-state index contributed by atoms with van der Waals surface area (Å²) in [7, 11) is 0. The average molecular weight is 782 g/mol. The molecule has 0 atom stereocenters. The average Bonchev–Trinajstić information content (AvgIpc) is 3.52. The van der Waals surface area contributed by atoms with Gasteiger partial charge in [-0.05, 0) is 64.5 Å². The van der Waals surface area contributed by atoms with Gasteiger partial charge in [-0.15, -0.1) is 54.1 Å². The third-order valence-corrected chi connectivity index (χ3v) is 8.15. The Kier molecular flexibility index (Phi) is 8.41. The van der Waals surface area contributed by atoms with Crippen molar-refractivity contribution in [1.29, 1.82) is 0 Å². The fourth-order valence-electron chi connectivity index (χ4n) is 5.86. The molecule has 5 heteroatoms. The molecule has 5 aromatic carbocycles. The van der Waals surface area contributed by atoms with Gasteiger partial charge in [0.25, 0.3) is 0 Å². The number of nitrogens with zero attached hydrogens (tertiary/aromatic N) is 3. The molecule has 0 fully saturated rings. The first-order valence-corrected chi connectivity index (χ1v) is 15.2. The molecule has 4 aromatic heterocycles. The molecule has 9 rings (SSSR count). The molecular formula is C42H27IrN3O-2. The minimum atomic E-state index is 0. The Bertz CT molecular complexity index is 2450. The van der Waals surface area contributed by atoms with Crippen molar-refractivity contribution in [3.8, 4) is 33.6 Å². The van der Waals surface area contributed by atoms with Crippen molar-refractivity contribution in [2.45, 2.75) is 6.92 Å². The van der Waals surface area contributed by atoms with Crippen LogP contribution in [0.5, 0.6) is 0 Å². The molecule has 0 saturated heterocycles. The molecule has 227 valence electrons. The van der Waals surface area contributed by atoms with Crippen LogP contribution in [0.15, 0.2) is 150 Å². The smallest absolute Gasteiger partial charge is 0.147 e. The summed E-state index contributed by atoms with van der Waals surface area (Å²) in [5.41, 5.74) is 9.43. The van der Waals surface area contributed by atoms with Crippen LogP contribution >= 0.6 is 0 Å². The molecular weight excluding hydrogens is 755 g/mol. The number of hydrogen-bond acceptors (Lipinski definition) is 4. The van der Waals surface area contributed by atoms with Crippen LogP contribution in [-0.2, 0) is 20.1 Å². The predicted molar refractivity (Wildman–Crippen MR) is 187 cm³/mol. The number of aryl methyl sites for hydroxylation is 1. The quantitative estimate of drug-likeness (QED) is 0.168. The monoisotopic (exact) mass is 782 g/mol. The first kappa shape index (κ1) is 30.2. The first-order chi connectivity index (χ1) is 22.7. The Morgan fingerprint density at radius 1 is 0.553 bits per heavy atom. The van der Waals surface area contributed by atoms with Gasteiger partial charge in [0.15, 0.2) is 0 Å². The molecule has 4 nitrogen and oxygen atoms in total. The number of furan rings is 1. The minimum absolute atomic E-state index is 0. The molecule has 9 aromatic rings. The molecule has 0 aliphatic rings. The molecule has 0 bridgehead atoms. The molecule has 0 N–H and O–H groups in total. The van der Waals surface area contributed by atoms with Crippen LogP contribution in [0.3, 0.4) is 0 Å². The Morgan fingerprint density at radius 3 is 2.17 bits per heavy atom. The van der Waals surface area contributed by atoms with Crippen molar-refractivity contribution in [1.82, 2.24) is 15.0 Å². The first-order valence-electron chi connectivity index (χ1n) is 15.2. The van der Waals surface area contributed by atoms with Gasteiger partial charge in [0.2, 0.25) is 0 Å². The molecule has 4 heterocycles. The van der Waals surface area contributed by atoms with Gasteiger partial charge in [0.1, 0.15) is 11.1 Å². The summed E-state index contributed by atoms with van der Waals surface area (Å²) < 4.78 is 6.48. The number of benzene rings is 5. The van der Waals surface area contributed by atoms with E-state index in [4.69, 9.17) is 9.40 Å². The number of hydrogen-bond donors (Lipinski definition) is 0. The number of rotatable bonds is 3. The van der Waals surface area contributed by atoms with E-state index in [-0.39, 0.29) is 20.1 Å². The van der Waals surface area contributed by atoms with Crippen LogP contribution in [0.4, 0.5) is 0 Å². The maximum atomic E-state index is 6.48. The van der Waals surface area contributed by atoms with E-state index in [9.17, 15) is 0 Å². The van der Waals surface area contributed by atoms with Crippen LogP contribution < -0.4 is 0 Å². The summed E-state index contributed by atoms with van der Waals surface area (Å²) in [6.07, 6.45) is 3.64. The molecule has 1 radical (unpaired) electrons. The van der Waals surface area contributed by atoms with E-state index in [1.165, 1.54) is 10.8 Å². The second-order valence-electron chi connectivity index (χ2n) is 11.1. The van der Waals surface area contributed by atoms with Crippen molar-refractivity contribution in [2.24, 2.45) is 0 Å². The van der Waals surface area contributed by atoms with Crippen LogP contribution in [0.1, 0.15) is 5.69 Å². The summed E-state index contributed by atoms with van der Waals surface area (Å²) in [6, 6.07) is 51.7. The second kappa shape index (κ2) is 13.1. The molecule has 0 aliphatic heterocycles. The van der Waals surface area contributed by atoms with Gasteiger partial charge in [0, 0.05) is 49.0 Å². The third kappa shape index (κ3) is 5.95. The molecule has 0 aliphatic carbocycles. The van der Waals surface area contributed by atoms with E-state index in [1.807, 2.05) is 73.8 Å². The fourth-order valence-corrected chi connectivity index (χ4v) is 5.86. The van der Waals surface area contributed by atoms with Gasteiger partial charge in [-0.2, -0.15) is 0 Å². The summed E-state index contributed by atoms with van der Waals surface area (Å²) >= 11 is 0. The molecule has 0 amide bonds. The van der Waals surface area contributed by atoms with Crippen molar-refractivity contribution < 1.29 is 24.5 Å². The van der Waals surface area contributed by atoms with Gasteiger partial charge < -0.3 is 14.4 Å². The number of aromatic nitrogens is 3. The van der Waals surface area contributed by atoms with Crippen molar-refractivity contribution in [3.63, 3.8) is 0 Å². The van der Waals surface area contributed by atoms with E-state index in [0.29, 0.717) is 0 Å². The molecule has 47 heavy (non-hydrogen) atoms. The van der Waals surface area contributed by atoms with Crippen LogP contribution in [0.2, 0.25) is 0 Å². The van der Waals surface area contributed by atoms with Crippen molar-refractivity contribution in [3.05, 3.63) is 164 Å². The molecule has 0 unspecified atom stereocenters. The van der Waals surface area contributed by atoms with E-state index in [1.54, 1.807) is 6.20 Å². The minimum Gasteiger partial charge on any atom is -0.498 e. The summed E-state index contributed by atoms with van der Waals surface area (Å²) in [4.78, 5) is 13.7. The Hall–Kier alpha value is -5.48. The number of pyridine rings is 3. The predicted octanol–water partition coefficient (Wildman–Crippen LogP) is 10.7. The third-order valence-electron chi connectivity index (χ3n) is 8.15. The Labute approximate surface area is 286 Å². The van der Waals surface area contributed by atoms with E-state index in [0.717, 1.165) is 72.2 Å². The van der Waals surface area contributed by atoms with Crippen LogP contribution in [0, 0.1) is 19.1 Å². The van der Waals surface area contributed by atoms with E-state index in [2.05, 4.69) is 94.9 Å². The van der Waals surface area contributed by atoms with Crippen molar-refractivity contribution in [2.75, 3.05) is 0 Å². The van der Waals surface area contributed by atoms with E-state index >= 15 is 0 Å². The fraction of sp³-hybridized carbons (Fsp3) is 0.0238. The summed E-state index contributed by atoms with van der Waals surface area (Å²) in [5.74, 6) is 0. The van der Waals surface area contributed by atoms with Gasteiger partial charge >= 0.3 is 0 Å². The zero-order chi connectivity index (χ0) is 30.9. The summed E-state index contributed by atoms with van der Waals surface area (Å²) in [5, 5.41) is 5.63. The maximum Gasteiger partial charge on any atom is 0.147 e. The largest absolute Gasteiger partial charge is 0.498 e. The van der Waals surface area contributed by atoms with Gasteiger partial charge in [-0.3, -0.25) is 0 Å². The van der Waals surface area contributed by atoms with Gasteiger partial charge in [0.05, 0.1) is 5.58 Å². The standard InChI is InChI=1S/C31H19N2O.C11H8N.Ir/c1-19-9-10-21-13-14-26-25-7-4-8-27(30(25)34-31(26)29(21)33-19)28-18-24(15-16-32-28)23-12-11-20-5-2-3-6-22(20)17-23;1-2-6-10(7-3-1)11-8-4-5-9-12-11;/h2-7,9-18H,1H3;1-6,8-9H;/q2*-1;. The molecule has 0 spiro atoms. The zero-order valence-electron chi connectivity index (χ0n) is 25.4. The van der Waals surface area contributed by atoms with Crippen molar-refractivity contribution >= 4 is 43.6 Å². The topological polar surface area (TPSA) is 51.8 Å². The SMILES string of the molecule is Cc1ccc2ccc3c4cc[c-]c(-c5cc(-c6ccc7ccccc7c6)ccn5)c4oc3c2n1.[Ir].[c-]1ccccc1-c1ccccn1. The maximum absolute atomic E-state index is 6.48. The van der Waals surface area contributed by atoms with E-state index < -0.39 is 0 Å². The van der Waals surface area contributed by atoms with Crippen LogP contribution in [0.25, 0.3) is 77.3 Å². The number of fused-ring (bicyclic) bond motifs is 6. The van der Waals surface area contributed by atoms with Gasteiger partial charge in [-0.25, -0.2) is 4.98 Å². The normalized spacial score (nSPS) is 10.9. The van der Waals surface area contributed by atoms with Gasteiger partial charge in [-0.1, -0.05) is 83.7 Å². The second-order valence-corrected chi connectivity index (χ2v) is 11.1.